The van der Waals surface area contributed by atoms with Crippen molar-refractivity contribution >= 4 is 36.2 Å². The monoisotopic (exact) mass is 708 g/mol. The number of hydrogen-bond donors (Lipinski definition) is 0. The molecule has 0 unspecified atom stereocenters. The van der Waals surface area contributed by atoms with Gasteiger partial charge in [0.2, 0.25) is 13.6 Å². The van der Waals surface area contributed by atoms with E-state index in [2.05, 4.69) is 32.1 Å². The van der Waals surface area contributed by atoms with Gasteiger partial charge in [-0.1, -0.05) is 32.2 Å². The van der Waals surface area contributed by atoms with Gasteiger partial charge in [0.15, 0.2) is 0 Å². The first-order valence-electron chi connectivity index (χ1n) is 15.2. The van der Waals surface area contributed by atoms with Gasteiger partial charge in [0.25, 0.3) is 0 Å². The summed E-state index contributed by atoms with van der Waals surface area (Å²) in [5, 5.41) is 0. The molecule has 0 saturated heterocycles. The standard InChI is InChI=1S/C38H28O14/c1-4-33(39)45-20-47-37(43)51-25-10-6-23(7-11-25)35(41)49-27-14-16-29-30-17-15-28(19-32(30)22(3)31(29)18-27)50-36(42)24-8-12-26(13-9-24)52-38(44)48-21-46-34(40)5-2/h4-19,22H,1-2,20-21H2,3H3. The van der Waals surface area contributed by atoms with E-state index in [0.29, 0.717) is 11.5 Å². The van der Waals surface area contributed by atoms with Gasteiger partial charge >= 0.3 is 36.2 Å². The summed E-state index contributed by atoms with van der Waals surface area (Å²) in [5.41, 5.74) is 4.05. The maximum Gasteiger partial charge on any atom is 0.516 e. The Labute approximate surface area is 295 Å². The molecule has 1 aliphatic carbocycles. The van der Waals surface area contributed by atoms with Crippen molar-refractivity contribution in [2.75, 3.05) is 13.6 Å². The van der Waals surface area contributed by atoms with E-state index in [1.807, 2.05) is 19.1 Å². The third-order valence-corrected chi connectivity index (χ3v) is 7.36. The summed E-state index contributed by atoms with van der Waals surface area (Å²) in [6.07, 6.45) is -0.399. The van der Waals surface area contributed by atoms with Crippen molar-refractivity contribution in [3.63, 3.8) is 0 Å². The highest BCUT2D eigenvalue weighted by Crippen LogP contribution is 2.47. The average Bonchev–Trinajstić information content (AvgIpc) is 3.41. The highest BCUT2D eigenvalue weighted by molar-refractivity contribution is 5.92. The third kappa shape index (κ3) is 9.06. The van der Waals surface area contributed by atoms with Crippen LogP contribution in [0.15, 0.2) is 110 Å². The largest absolute Gasteiger partial charge is 0.516 e. The normalized spacial score (nSPS) is 11.1. The minimum atomic E-state index is -1.11. The number of ether oxygens (including phenoxy) is 8. The predicted octanol–water partition coefficient (Wildman–Crippen LogP) is 6.66. The first-order chi connectivity index (χ1) is 25.0. The van der Waals surface area contributed by atoms with Crippen molar-refractivity contribution in [2.24, 2.45) is 0 Å². The number of hydrogen-bond acceptors (Lipinski definition) is 14. The van der Waals surface area contributed by atoms with Crippen molar-refractivity contribution in [3.8, 4) is 34.1 Å². The van der Waals surface area contributed by atoms with Crippen molar-refractivity contribution in [2.45, 2.75) is 12.8 Å². The second kappa shape index (κ2) is 16.5. The van der Waals surface area contributed by atoms with Gasteiger partial charge in [-0.25, -0.2) is 28.8 Å². The van der Waals surface area contributed by atoms with Crippen LogP contribution in [0.25, 0.3) is 11.1 Å². The van der Waals surface area contributed by atoms with Gasteiger partial charge in [-0.15, -0.1) is 0 Å². The Bertz CT molecular complexity index is 1900. The molecule has 0 aromatic heterocycles. The summed E-state index contributed by atoms with van der Waals surface area (Å²) >= 11 is 0. The number of carbonyl (C=O) groups is 6. The summed E-state index contributed by atoms with van der Waals surface area (Å²) < 4.78 is 39.5. The van der Waals surface area contributed by atoms with Gasteiger partial charge in [-0.05, 0) is 95.1 Å². The van der Waals surface area contributed by atoms with E-state index in [9.17, 15) is 28.8 Å². The summed E-state index contributed by atoms with van der Waals surface area (Å²) in [5.74, 6) is -2.16. The smallest absolute Gasteiger partial charge is 0.425 e. The van der Waals surface area contributed by atoms with E-state index in [1.165, 1.54) is 48.5 Å². The van der Waals surface area contributed by atoms with Crippen LogP contribution in [0.2, 0.25) is 0 Å². The fourth-order valence-corrected chi connectivity index (χ4v) is 4.87. The number of fused-ring (bicyclic) bond motifs is 3. The van der Waals surface area contributed by atoms with Gasteiger partial charge < -0.3 is 37.9 Å². The van der Waals surface area contributed by atoms with Crippen LogP contribution < -0.4 is 18.9 Å². The van der Waals surface area contributed by atoms with Gasteiger partial charge in [-0.2, -0.15) is 0 Å². The van der Waals surface area contributed by atoms with Gasteiger partial charge in [0, 0.05) is 18.1 Å². The second-order valence-electron chi connectivity index (χ2n) is 10.6. The highest BCUT2D eigenvalue weighted by atomic mass is 16.8. The van der Waals surface area contributed by atoms with E-state index in [4.69, 9.17) is 18.9 Å². The van der Waals surface area contributed by atoms with Gasteiger partial charge in [0.05, 0.1) is 11.1 Å². The maximum absolute atomic E-state index is 12.9. The molecule has 4 aromatic carbocycles. The fourth-order valence-electron chi connectivity index (χ4n) is 4.87. The van der Waals surface area contributed by atoms with Gasteiger partial charge in [0.1, 0.15) is 23.0 Å². The Hall–Kier alpha value is -7.22. The van der Waals surface area contributed by atoms with Crippen LogP contribution in [-0.2, 0) is 28.5 Å². The lowest BCUT2D eigenvalue weighted by Crippen LogP contribution is -2.15. The Morgan fingerprint density at radius 2 is 0.885 bits per heavy atom. The molecule has 0 N–H and O–H groups in total. The number of benzene rings is 4. The molecule has 1 aliphatic rings. The van der Waals surface area contributed by atoms with Crippen molar-refractivity contribution in [3.05, 3.63) is 132 Å². The number of carbonyl (C=O) groups excluding carboxylic acids is 6. The van der Waals surface area contributed by atoms with Crippen LogP contribution in [0.3, 0.4) is 0 Å². The molecule has 0 saturated carbocycles. The molecule has 264 valence electrons. The summed E-state index contributed by atoms with van der Waals surface area (Å²) in [6, 6.07) is 21.7. The van der Waals surface area contributed by atoms with E-state index in [0.717, 1.165) is 34.4 Å². The van der Waals surface area contributed by atoms with E-state index in [-0.39, 0.29) is 28.5 Å². The minimum Gasteiger partial charge on any atom is -0.425 e. The van der Waals surface area contributed by atoms with Crippen LogP contribution in [-0.4, -0.2) is 49.8 Å². The molecule has 0 heterocycles. The Morgan fingerprint density at radius 3 is 1.25 bits per heavy atom. The van der Waals surface area contributed by atoms with Crippen LogP contribution in [0, 0.1) is 0 Å². The SMILES string of the molecule is C=CC(=O)OCOC(=O)Oc1ccc(C(=O)Oc2ccc3c(c2)C(C)c2cc(OC(=O)c4ccc(OC(=O)OCOC(=O)C=C)cc4)ccc2-3)cc1. The number of rotatable bonds is 12. The van der Waals surface area contributed by atoms with E-state index >= 15 is 0 Å². The Morgan fingerprint density at radius 1 is 0.519 bits per heavy atom. The molecule has 0 bridgehead atoms. The molecule has 0 radical (unpaired) electrons. The first-order valence-corrected chi connectivity index (χ1v) is 15.2. The minimum absolute atomic E-state index is 0.0838. The average molecular weight is 709 g/mol. The second-order valence-corrected chi connectivity index (χ2v) is 10.6. The van der Waals surface area contributed by atoms with Crippen molar-refractivity contribution in [1.29, 1.82) is 0 Å². The molecule has 0 aliphatic heterocycles. The summed E-state index contributed by atoms with van der Waals surface area (Å²) in [7, 11) is 0. The molecule has 0 fully saturated rings. The lowest BCUT2D eigenvalue weighted by atomic mass is 9.99. The molecule has 14 nitrogen and oxygen atoms in total. The lowest BCUT2D eigenvalue weighted by Gasteiger charge is -2.10. The fraction of sp³-hybridized carbons (Fsp3) is 0.105. The van der Waals surface area contributed by atoms with E-state index in [1.54, 1.807) is 24.3 Å². The third-order valence-electron chi connectivity index (χ3n) is 7.36. The van der Waals surface area contributed by atoms with Crippen LogP contribution in [0.1, 0.15) is 44.7 Å². The molecular weight excluding hydrogens is 680 g/mol. The maximum atomic E-state index is 12.9. The quantitative estimate of drug-likeness (QED) is 0.0502. The van der Waals surface area contributed by atoms with Crippen LogP contribution in [0.4, 0.5) is 9.59 Å². The Kier molecular flexibility index (Phi) is 11.4. The molecule has 0 atom stereocenters. The van der Waals surface area contributed by atoms with Crippen molar-refractivity contribution in [1.82, 2.24) is 0 Å². The molecule has 14 heteroatoms. The topological polar surface area (TPSA) is 176 Å². The van der Waals surface area contributed by atoms with Crippen LogP contribution >= 0.6 is 0 Å². The summed E-state index contributed by atoms with van der Waals surface area (Å²) in [4.78, 5) is 71.2. The van der Waals surface area contributed by atoms with E-state index < -0.39 is 49.8 Å². The van der Waals surface area contributed by atoms with Crippen LogP contribution in [0.5, 0.6) is 23.0 Å². The first kappa shape index (κ1) is 36.1. The van der Waals surface area contributed by atoms with Crippen molar-refractivity contribution < 1.29 is 66.7 Å². The summed E-state index contributed by atoms with van der Waals surface area (Å²) in [6.45, 7) is 7.12. The highest BCUT2D eigenvalue weighted by Gasteiger charge is 2.27. The molecule has 0 amide bonds. The molecular formula is C38H28O14. The zero-order chi connectivity index (χ0) is 37.2. The Balaban J connectivity index is 1.15. The zero-order valence-corrected chi connectivity index (χ0v) is 27.4. The lowest BCUT2D eigenvalue weighted by molar-refractivity contribution is -0.147. The molecule has 0 spiro atoms. The van der Waals surface area contributed by atoms with Gasteiger partial charge in [-0.3, -0.25) is 0 Å². The predicted molar refractivity (Wildman–Crippen MR) is 179 cm³/mol. The molecule has 5 rings (SSSR count). The molecule has 4 aromatic rings. The zero-order valence-electron chi connectivity index (χ0n) is 27.4. The molecule has 52 heavy (non-hydrogen) atoms. The number of esters is 4.